The first-order valence-corrected chi connectivity index (χ1v) is 9.08. The number of carbonyl (C=O) groups is 1. The average Bonchev–Trinajstić information content (AvgIpc) is 3.13. The third kappa shape index (κ3) is 3.88. The zero-order valence-electron chi connectivity index (χ0n) is 15.5. The summed E-state index contributed by atoms with van der Waals surface area (Å²) in [6, 6.07) is 10.8. The Kier molecular flexibility index (Phi) is 5.61. The Morgan fingerprint density at radius 1 is 1.04 bits per heavy atom. The quantitative estimate of drug-likeness (QED) is 0.682. The summed E-state index contributed by atoms with van der Waals surface area (Å²) in [5.41, 5.74) is 2.77. The van der Waals surface area contributed by atoms with Gasteiger partial charge in [-0.05, 0) is 25.1 Å². The van der Waals surface area contributed by atoms with Gasteiger partial charge in [-0.25, -0.2) is 4.98 Å². The molecular formula is C20H20N2O4S. The molecule has 0 unspecified atom stereocenters. The molecule has 0 bridgehead atoms. The Hall–Kier alpha value is -3.06. The van der Waals surface area contributed by atoms with E-state index in [1.165, 1.54) is 21.3 Å². The molecule has 1 amide bonds. The van der Waals surface area contributed by atoms with Gasteiger partial charge in [0.15, 0.2) is 11.5 Å². The van der Waals surface area contributed by atoms with E-state index in [0.29, 0.717) is 28.5 Å². The first-order valence-electron chi connectivity index (χ1n) is 8.20. The van der Waals surface area contributed by atoms with Gasteiger partial charge in [0.05, 0.1) is 37.7 Å². The summed E-state index contributed by atoms with van der Waals surface area (Å²) in [4.78, 5) is 17.4. The molecule has 7 heteroatoms. The van der Waals surface area contributed by atoms with E-state index in [4.69, 9.17) is 14.2 Å². The maximum Gasteiger partial charge on any atom is 0.255 e. The number of carbonyl (C=O) groups excluding carboxylic acids is 1. The van der Waals surface area contributed by atoms with Crippen molar-refractivity contribution >= 4 is 22.9 Å². The number of para-hydroxylation sites is 1. The molecule has 1 N–H and O–H groups in total. The molecule has 2 aromatic carbocycles. The fourth-order valence-corrected chi connectivity index (χ4v) is 3.32. The number of nitrogens with zero attached hydrogens (tertiary/aromatic N) is 1. The largest absolute Gasteiger partial charge is 0.493 e. The van der Waals surface area contributed by atoms with Gasteiger partial charge in [0.25, 0.3) is 5.91 Å². The lowest BCUT2D eigenvalue weighted by atomic mass is 10.1. The molecule has 0 atom stereocenters. The number of aromatic nitrogens is 1. The van der Waals surface area contributed by atoms with Gasteiger partial charge >= 0.3 is 0 Å². The third-order valence-corrected chi connectivity index (χ3v) is 4.77. The molecular weight excluding hydrogens is 364 g/mol. The minimum absolute atomic E-state index is 0.284. The van der Waals surface area contributed by atoms with E-state index in [1.54, 1.807) is 23.5 Å². The minimum atomic E-state index is -0.284. The Labute approximate surface area is 161 Å². The summed E-state index contributed by atoms with van der Waals surface area (Å²) < 4.78 is 15.9. The van der Waals surface area contributed by atoms with Crippen LogP contribution in [-0.2, 0) is 0 Å². The number of ether oxygens (including phenoxy) is 3. The summed E-state index contributed by atoms with van der Waals surface area (Å²) in [6.45, 7) is 1.95. The molecule has 0 fully saturated rings. The SMILES string of the molecule is COc1cc(C(=O)Nc2ccccc2-c2csc(C)n2)cc(OC)c1OC. The van der Waals surface area contributed by atoms with Crippen LogP contribution < -0.4 is 19.5 Å². The smallest absolute Gasteiger partial charge is 0.255 e. The monoisotopic (exact) mass is 384 g/mol. The van der Waals surface area contributed by atoms with Crippen molar-refractivity contribution in [2.75, 3.05) is 26.6 Å². The van der Waals surface area contributed by atoms with Crippen LogP contribution in [0.1, 0.15) is 15.4 Å². The van der Waals surface area contributed by atoms with Crippen molar-refractivity contribution in [2.24, 2.45) is 0 Å². The molecule has 0 aliphatic heterocycles. The standard InChI is InChI=1S/C20H20N2O4S/c1-12-21-16(11-27-12)14-7-5-6-8-15(14)22-20(23)13-9-17(24-2)19(26-4)18(10-13)25-3/h5-11H,1-4H3,(H,22,23). The first-order chi connectivity index (χ1) is 13.1. The number of methoxy groups -OCH3 is 3. The predicted octanol–water partition coefficient (Wildman–Crippen LogP) is 4.40. The molecule has 3 aromatic rings. The fraction of sp³-hybridized carbons (Fsp3) is 0.200. The molecule has 1 aromatic heterocycles. The van der Waals surface area contributed by atoms with E-state index in [2.05, 4.69) is 10.3 Å². The van der Waals surface area contributed by atoms with Gasteiger partial charge in [0.2, 0.25) is 5.75 Å². The van der Waals surface area contributed by atoms with Crippen LogP contribution in [0.3, 0.4) is 0 Å². The number of aryl methyl sites for hydroxylation is 1. The average molecular weight is 384 g/mol. The van der Waals surface area contributed by atoms with Gasteiger partial charge in [0.1, 0.15) is 0 Å². The summed E-state index contributed by atoms with van der Waals surface area (Å²) in [6.07, 6.45) is 0. The van der Waals surface area contributed by atoms with Crippen LogP contribution in [-0.4, -0.2) is 32.2 Å². The molecule has 0 saturated carbocycles. The molecule has 0 aliphatic rings. The number of anilines is 1. The zero-order chi connectivity index (χ0) is 19.4. The van der Waals surface area contributed by atoms with Crippen LogP contribution in [0.25, 0.3) is 11.3 Å². The topological polar surface area (TPSA) is 69.7 Å². The molecule has 27 heavy (non-hydrogen) atoms. The van der Waals surface area contributed by atoms with Gasteiger partial charge < -0.3 is 19.5 Å². The van der Waals surface area contributed by atoms with Crippen molar-refractivity contribution in [3.05, 3.63) is 52.3 Å². The highest BCUT2D eigenvalue weighted by atomic mass is 32.1. The Morgan fingerprint density at radius 2 is 1.70 bits per heavy atom. The maximum atomic E-state index is 12.9. The van der Waals surface area contributed by atoms with E-state index in [-0.39, 0.29) is 5.91 Å². The van der Waals surface area contributed by atoms with E-state index >= 15 is 0 Å². The van der Waals surface area contributed by atoms with Crippen molar-refractivity contribution in [3.63, 3.8) is 0 Å². The summed E-state index contributed by atoms with van der Waals surface area (Å²) in [5.74, 6) is 0.999. The highest BCUT2D eigenvalue weighted by molar-refractivity contribution is 7.09. The van der Waals surface area contributed by atoms with Crippen LogP contribution in [0.2, 0.25) is 0 Å². The predicted molar refractivity (Wildman–Crippen MR) is 106 cm³/mol. The number of nitrogens with one attached hydrogen (secondary N) is 1. The van der Waals surface area contributed by atoms with Gasteiger partial charge in [-0.15, -0.1) is 11.3 Å². The number of rotatable bonds is 6. The van der Waals surface area contributed by atoms with Crippen molar-refractivity contribution in [1.82, 2.24) is 4.98 Å². The Bertz CT molecular complexity index is 943. The van der Waals surface area contributed by atoms with Gasteiger partial charge in [-0.1, -0.05) is 18.2 Å². The highest BCUT2D eigenvalue weighted by Gasteiger charge is 2.18. The molecule has 3 rings (SSSR count). The Morgan fingerprint density at radius 3 is 2.26 bits per heavy atom. The normalized spacial score (nSPS) is 10.4. The van der Waals surface area contributed by atoms with Crippen molar-refractivity contribution < 1.29 is 19.0 Å². The van der Waals surface area contributed by atoms with Gasteiger partial charge in [0, 0.05) is 16.5 Å². The summed E-state index contributed by atoms with van der Waals surface area (Å²) in [7, 11) is 4.55. The number of thiazole rings is 1. The molecule has 140 valence electrons. The third-order valence-electron chi connectivity index (χ3n) is 4.00. The molecule has 0 saturated heterocycles. The number of benzene rings is 2. The van der Waals surface area contributed by atoms with Crippen LogP contribution in [0, 0.1) is 6.92 Å². The maximum absolute atomic E-state index is 12.9. The van der Waals surface area contributed by atoms with E-state index < -0.39 is 0 Å². The van der Waals surface area contributed by atoms with Gasteiger partial charge in [-0.3, -0.25) is 4.79 Å². The molecule has 0 spiro atoms. The second-order valence-electron chi connectivity index (χ2n) is 5.67. The lowest BCUT2D eigenvalue weighted by Gasteiger charge is -2.15. The number of amides is 1. The van der Waals surface area contributed by atoms with E-state index in [9.17, 15) is 4.79 Å². The summed E-state index contributed by atoms with van der Waals surface area (Å²) >= 11 is 1.57. The van der Waals surface area contributed by atoms with Crippen molar-refractivity contribution in [2.45, 2.75) is 6.92 Å². The number of hydrogen-bond acceptors (Lipinski definition) is 6. The van der Waals surface area contributed by atoms with E-state index in [0.717, 1.165) is 16.3 Å². The Balaban J connectivity index is 1.95. The summed E-state index contributed by atoms with van der Waals surface area (Å²) in [5, 5.41) is 5.89. The van der Waals surface area contributed by atoms with Gasteiger partial charge in [-0.2, -0.15) is 0 Å². The first kappa shape index (κ1) is 18.7. The molecule has 1 heterocycles. The van der Waals surface area contributed by atoms with Crippen molar-refractivity contribution in [3.8, 4) is 28.5 Å². The second kappa shape index (κ2) is 8.09. The van der Waals surface area contributed by atoms with Crippen molar-refractivity contribution in [1.29, 1.82) is 0 Å². The zero-order valence-corrected chi connectivity index (χ0v) is 16.3. The molecule has 0 aliphatic carbocycles. The number of hydrogen-bond donors (Lipinski definition) is 1. The van der Waals surface area contributed by atoms with E-state index in [1.807, 2.05) is 36.6 Å². The van der Waals surface area contributed by atoms with Crippen LogP contribution in [0.5, 0.6) is 17.2 Å². The van der Waals surface area contributed by atoms with Crippen LogP contribution in [0.15, 0.2) is 41.8 Å². The minimum Gasteiger partial charge on any atom is -0.493 e. The fourth-order valence-electron chi connectivity index (χ4n) is 2.71. The molecule has 6 nitrogen and oxygen atoms in total. The molecule has 0 radical (unpaired) electrons. The lowest BCUT2D eigenvalue weighted by Crippen LogP contribution is -2.13. The lowest BCUT2D eigenvalue weighted by molar-refractivity contribution is 0.102. The second-order valence-corrected chi connectivity index (χ2v) is 6.73. The highest BCUT2D eigenvalue weighted by Crippen LogP contribution is 2.38. The van der Waals surface area contributed by atoms with Crippen LogP contribution >= 0.6 is 11.3 Å². The van der Waals surface area contributed by atoms with Crippen LogP contribution in [0.4, 0.5) is 5.69 Å².